The van der Waals surface area contributed by atoms with Gasteiger partial charge in [0, 0.05) is 54.8 Å². The molecule has 0 unspecified atom stereocenters. The number of imidazole rings is 1. The highest BCUT2D eigenvalue weighted by Gasteiger charge is 2.30. The quantitative estimate of drug-likeness (QED) is 0.151. The largest absolute Gasteiger partial charge is 0.354 e. The Kier molecular flexibility index (Phi) is 6.87. The number of likely N-dealkylation sites (tertiary alicyclic amines) is 1. The van der Waals surface area contributed by atoms with Crippen LogP contribution in [0.3, 0.4) is 0 Å². The Hall–Kier alpha value is -5.51. The zero-order chi connectivity index (χ0) is 28.3. The summed E-state index contributed by atoms with van der Waals surface area (Å²) < 4.78 is 0. The molecule has 1 aromatic heterocycles. The van der Waals surface area contributed by atoms with E-state index in [0.717, 1.165) is 41.0 Å². The highest BCUT2D eigenvalue weighted by atomic mass is 16.6. The zero-order valence-corrected chi connectivity index (χ0v) is 22.0. The van der Waals surface area contributed by atoms with Crippen molar-refractivity contribution in [2.45, 2.75) is 19.4 Å². The summed E-state index contributed by atoms with van der Waals surface area (Å²) in [5, 5.41) is 17.7. The van der Waals surface area contributed by atoms with Crippen LogP contribution in [0.4, 0.5) is 17.1 Å². The average Bonchev–Trinajstić information content (AvgIpc) is 3.72. The number of non-ortho nitro benzene ring substituents is 1. The maximum Gasteiger partial charge on any atom is 0.270 e. The Morgan fingerprint density at radius 1 is 1.05 bits per heavy atom. The van der Waals surface area contributed by atoms with Gasteiger partial charge in [-0.2, -0.15) is 0 Å². The molecule has 1 saturated heterocycles. The van der Waals surface area contributed by atoms with Crippen LogP contribution in [0.2, 0.25) is 0 Å². The number of aromatic nitrogens is 2. The molecule has 10 nitrogen and oxygen atoms in total. The number of anilines is 2. The number of fused-ring (bicyclic) bond motifs is 1. The molecular formula is C31H26N6O4. The molecule has 6 rings (SSSR count). The Bertz CT molecular complexity index is 1690. The van der Waals surface area contributed by atoms with Crippen LogP contribution in [0.15, 0.2) is 79.3 Å². The number of nitro benzene ring substituents is 1. The summed E-state index contributed by atoms with van der Waals surface area (Å²) in [7, 11) is 0. The first-order chi connectivity index (χ1) is 19.9. The first-order valence-electron chi connectivity index (χ1n) is 13.2. The van der Waals surface area contributed by atoms with Gasteiger partial charge >= 0.3 is 0 Å². The zero-order valence-electron chi connectivity index (χ0n) is 22.0. The van der Waals surface area contributed by atoms with Crippen molar-refractivity contribution in [1.82, 2.24) is 14.9 Å². The van der Waals surface area contributed by atoms with E-state index in [1.165, 1.54) is 12.1 Å². The second kappa shape index (κ2) is 10.9. The third kappa shape index (κ3) is 5.48. The first-order valence-corrected chi connectivity index (χ1v) is 13.2. The fourth-order valence-electron chi connectivity index (χ4n) is 5.03. The van der Waals surface area contributed by atoms with Crippen molar-refractivity contribution in [3.05, 3.63) is 117 Å². The lowest BCUT2D eigenvalue weighted by Gasteiger charge is -2.17. The predicted octanol–water partition coefficient (Wildman–Crippen LogP) is 5.54. The van der Waals surface area contributed by atoms with E-state index in [1.54, 1.807) is 18.6 Å². The van der Waals surface area contributed by atoms with Crippen molar-refractivity contribution in [2.75, 3.05) is 17.2 Å². The van der Waals surface area contributed by atoms with Crippen LogP contribution in [-0.4, -0.2) is 38.2 Å². The summed E-state index contributed by atoms with van der Waals surface area (Å²) in [6.07, 6.45) is 8.71. The molecule has 0 aliphatic carbocycles. The summed E-state index contributed by atoms with van der Waals surface area (Å²) in [6.45, 7) is 1.28. The van der Waals surface area contributed by atoms with E-state index >= 15 is 0 Å². The van der Waals surface area contributed by atoms with Crippen molar-refractivity contribution in [2.24, 2.45) is 0 Å². The fourth-order valence-corrected chi connectivity index (χ4v) is 5.03. The summed E-state index contributed by atoms with van der Waals surface area (Å²) in [5.41, 5.74) is 5.93. The van der Waals surface area contributed by atoms with E-state index < -0.39 is 4.92 Å². The molecule has 3 aromatic carbocycles. The smallest absolute Gasteiger partial charge is 0.270 e. The third-order valence-corrected chi connectivity index (χ3v) is 7.14. The molecule has 3 heterocycles. The van der Waals surface area contributed by atoms with Gasteiger partial charge in [0.2, 0.25) is 5.91 Å². The number of amides is 2. The second-order valence-corrected chi connectivity index (χ2v) is 9.88. The van der Waals surface area contributed by atoms with Gasteiger partial charge in [-0.3, -0.25) is 19.7 Å². The van der Waals surface area contributed by atoms with Crippen LogP contribution in [0, 0.1) is 10.1 Å². The molecule has 2 aliphatic heterocycles. The van der Waals surface area contributed by atoms with Crippen LogP contribution >= 0.6 is 0 Å². The molecule has 0 radical (unpaired) electrons. The van der Waals surface area contributed by atoms with Gasteiger partial charge in [0.15, 0.2) is 0 Å². The minimum absolute atomic E-state index is 0.101. The van der Waals surface area contributed by atoms with Gasteiger partial charge in [0.05, 0.1) is 28.2 Å². The molecule has 0 atom stereocenters. The molecule has 0 saturated carbocycles. The molecule has 0 spiro atoms. The molecule has 2 aliphatic rings. The number of carbonyl (C=O) groups is 2. The summed E-state index contributed by atoms with van der Waals surface area (Å²) in [4.78, 5) is 45.3. The van der Waals surface area contributed by atoms with Gasteiger partial charge in [-0.1, -0.05) is 42.5 Å². The van der Waals surface area contributed by atoms with Crippen molar-refractivity contribution in [3.63, 3.8) is 0 Å². The molecule has 4 aromatic rings. The molecule has 204 valence electrons. The number of nitrogens with zero attached hydrogens (tertiary/aromatic N) is 3. The van der Waals surface area contributed by atoms with E-state index in [0.29, 0.717) is 35.5 Å². The van der Waals surface area contributed by atoms with Gasteiger partial charge in [-0.15, -0.1) is 0 Å². The topological polar surface area (TPSA) is 133 Å². The molecular weight excluding hydrogens is 520 g/mol. The van der Waals surface area contributed by atoms with Crippen LogP contribution < -0.4 is 10.6 Å². The number of rotatable bonds is 8. The molecule has 3 N–H and O–H groups in total. The van der Waals surface area contributed by atoms with Gasteiger partial charge in [-0.25, -0.2) is 4.98 Å². The van der Waals surface area contributed by atoms with Gasteiger partial charge in [-0.05, 0) is 47.4 Å². The number of nitro groups is 1. The molecule has 10 heteroatoms. The van der Waals surface area contributed by atoms with E-state index in [4.69, 9.17) is 0 Å². The van der Waals surface area contributed by atoms with Crippen molar-refractivity contribution in [1.29, 1.82) is 0 Å². The number of nitrogens with one attached hydrogen (secondary N) is 3. The van der Waals surface area contributed by atoms with Gasteiger partial charge in [0.1, 0.15) is 0 Å². The Labute approximate surface area is 235 Å². The predicted molar refractivity (Wildman–Crippen MR) is 157 cm³/mol. The standard InChI is InChI=1S/C31H26N6O4/c38-28-2-1-15-36(28)18-21-3-8-22(9-4-21)30(29-26-16-25(37(40)41)13-14-27(26)35-31(29)39)34-23-10-5-20(6-11-23)7-12-24-17-32-19-33-24/h3-14,16-17,19,34H,1-2,15,18H2,(H,32,33)(H,35,39). The number of hydrogen-bond donors (Lipinski definition) is 3. The number of carbonyl (C=O) groups excluding carboxylic acids is 2. The fraction of sp³-hybridized carbons (Fsp3) is 0.129. The molecule has 1 fully saturated rings. The first kappa shape index (κ1) is 25.8. The summed E-state index contributed by atoms with van der Waals surface area (Å²) in [5.74, 6) is -0.199. The summed E-state index contributed by atoms with van der Waals surface area (Å²) in [6, 6.07) is 19.7. The van der Waals surface area contributed by atoms with Gasteiger partial charge in [0.25, 0.3) is 11.6 Å². The van der Waals surface area contributed by atoms with E-state index in [1.807, 2.05) is 65.6 Å². The van der Waals surface area contributed by atoms with E-state index in [9.17, 15) is 19.7 Å². The Morgan fingerprint density at radius 3 is 2.54 bits per heavy atom. The highest BCUT2D eigenvalue weighted by Crippen LogP contribution is 2.39. The van der Waals surface area contributed by atoms with Gasteiger partial charge < -0.3 is 20.5 Å². The number of H-pyrrole nitrogens is 1. The lowest BCUT2D eigenvalue weighted by Crippen LogP contribution is -2.23. The van der Waals surface area contributed by atoms with Crippen LogP contribution in [-0.2, 0) is 16.1 Å². The number of benzene rings is 3. The highest BCUT2D eigenvalue weighted by molar-refractivity contribution is 6.37. The Morgan fingerprint density at radius 2 is 1.85 bits per heavy atom. The maximum atomic E-state index is 13.3. The lowest BCUT2D eigenvalue weighted by molar-refractivity contribution is -0.384. The Balaban J connectivity index is 1.36. The SMILES string of the molecule is O=C1Nc2ccc([N+](=O)[O-])cc2C1=C(Nc1ccc(C=Cc2c[nH]cn2)cc1)c1ccc(CN2CCCC2=O)cc1. The number of hydrogen-bond acceptors (Lipinski definition) is 6. The van der Waals surface area contributed by atoms with E-state index in [2.05, 4.69) is 20.6 Å². The molecule has 0 bridgehead atoms. The van der Waals surface area contributed by atoms with Crippen LogP contribution in [0.5, 0.6) is 0 Å². The third-order valence-electron chi connectivity index (χ3n) is 7.14. The summed E-state index contributed by atoms with van der Waals surface area (Å²) >= 11 is 0. The number of aromatic amines is 1. The normalized spacial score (nSPS) is 15.8. The van der Waals surface area contributed by atoms with E-state index in [-0.39, 0.29) is 17.5 Å². The van der Waals surface area contributed by atoms with Crippen molar-refractivity contribution < 1.29 is 14.5 Å². The monoisotopic (exact) mass is 546 g/mol. The minimum atomic E-state index is -0.475. The second-order valence-electron chi connectivity index (χ2n) is 9.88. The van der Waals surface area contributed by atoms with Crippen LogP contribution in [0.25, 0.3) is 23.4 Å². The average molecular weight is 547 g/mol. The van der Waals surface area contributed by atoms with Crippen LogP contribution in [0.1, 0.15) is 40.8 Å². The molecule has 2 amide bonds. The maximum absolute atomic E-state index is 13.3. The van der Waals surface area contributed by atoms with Crippen molar-refractivity contribution >= 4 is 52.3 Å². The lowest BCUT2D eigenvalue weighted by atomic mass is 9.98. The molecule has 41 heavy (non-hydrogen) atoms. The minimum Gasteiger partial charge on any atom is -0.354 e. The van der Waals surface area contributed by atoms with Crippen molar-refractivity contribution in [3.8, 4) is 0 Å².